The largest absolute Gasteiger partial charge is 0.480 e. The van der Waals surface area contributed by atoms with Crippen LogP contribution < -0.4 is 5.73 Å². The number of hydrogen-bond acceptors (Lipinski definition) is 9. The Morgan fingerprint density at radius 1 is 0.588 bits per heavy atom. The van der Waals surface area contributed by atoms with Crippen LogP contribution in [0, 0.1) is 0 Å². The third-order valence-electron chi connectivity index (χ3n) is 8.76. The fourth-order valence-corrected chi connectivity index (χ4v) is 6.31. The summed E-state index contributed by atoms with van der Waals surface area (Å²) in [5.74, 6) is -2.37. The molecule has 0 saturated heterocycles. The van der Waals surface area contributed by atoms with Crippen molar-refractivity contribution < 1.29 is 47.5 Å². The SMILES string of the molecule is CCCCCC/C=C/CCCCCCCCCCCC(=O)O[C@@H](COC(=O)CCCCCCCCCCCC)COP(=O)(O)OC[C@H](N)C(=O)O. The van der Waals surface area contributed by atoms with Gasteiger partial charge in [-0.3, -0.25) is 23.4 Å². The molecule has 4 N–H and O–H groups in total. The van der Waals surface area contributed by atoms with Crippen LogP contribution in [-0.4, -0.2) is 59.9 Å². The highest BCUT2D eigenvalue weighted by molar-refractivity contribution is 7.47. The summed E-state index contributed by atoms with van der Waals surface area (Å²) < 4.78 is 32.6. The number of allylic oxidation sites excluding steroid dienone is 2. The molecule has 0 heterocycles. The van der Waals surface area contributed by atoms with E-state index in [1.165, 1.54) is 109 Å². The standard InChI is InChI=1S/C39H74NO10P/c1-3-5-7-9-11-13-15-16-17-18-19-20-21-23-25-27-29-31-38(42)50-35(33-48-51(45,46)49-34-36(40)39(43)44)32-47-37(41)30-28-26-24-22-14-12-10-8-6-4-2/h13,15,35-36H,3-12,14,16-34,40H2,1-2H3,(H,43,44)(H,45,46)/b15-13+/t35-,36-/m0/s1. The first kappa shape index (κ1) is 49.2. The van der Waals surface area contributed by atoms with Crippen LogP contribution in [0.1, 0.15) is 187 Å². The summed E-state index contributed by atoms with van der Waals surface area (Å²) in [7, 11) is -4.70. The van der Waals surface area contributed by atoms with Crippen molar-refractivity contribution in [1.29, 1.82) is 0 Å². The lowest BCUT2D eigenvalue weighted by atomic mass is 10.1. The minimum Gasteiger partial charge on any atom is -0.480 e. The summed E-state index contributed by atoms with van der Waals surface area (Å²) >= 11 is 0. The Kier molecular flexibility index (Phi) is 34.0. The number of aliphatic carboxylic acids is 1. The Bertz CT molecular complexity index is 932. The lowest BCUT2D eigenvalue weighted by Gasteiger charge is -2.20. The van der Waals surface area contributed by atoms with Crippen molar-refractivity contribution in [3.8, 4) is 0 Å². The van der Waals surface area contributed by atoms with E-state index in [0.29, 0.717) is 12.8 Å². The van der Waals surface area contributed by atoms with Gasteiger partial charge in [-0.2, -0.15) is 0 Å². The number of ether oxygens (including phenoxy) is 2. The third-order valence-corrected chi connectivity index (χ3v) is 9.71. The van der Waals surface area contributed by atoms with E-state index in [9.17, 15) is 23.8 Å². The van der Waals surface area contributed by atoms with E-state index in [-0.39, 0.29) is 19.4 Å². The van der Waals surface area contributed by atoms with Crippen molar-refractivity contribution in [3.63, 3.8) is 0 Å². The van der Waals surface area contributed by atoms with E-state index in [1.54, 1.807) is 0 Å². The number of carbonyl (C=O) groups is 3. The second kappa shape index (κ2) is 35.3. The minimum absolute atomic E-state index is 0.163. The zero-order valence-electron chi connectivity index (χ0n) is 32.2. The molecule has 0 aliphatic rings. The number of esters is 2. The van der Waals surface area contributed by atoms with Crippen molar-refractivity contribution >= 4 is 25.7 Å². The predicted octanol–water partition coefficient (Wildman–Crippen LogP) is 10.1. The Labute approximate surface area is 309 Å². The summed E-state index contributed by atoms with van der Waals surface area (Å²) in [5, 5.41) is 8.86. The van der Waals surface area contributed by atoms with Crippen molar-refractivity contribution in [1.82, 2.24) is 0 Å². The number of unbranched alkanes of at least 4 members (excludes halogenated alkanes) is 22. The van der Waals surface area contributed by atoms with E-state index in [4.69, 9.17) is 24.8 Å². The van der Waals surface area contributed by atoms with Gasteiger partial charge in [-0.25, -0.2) is 4.57 Å². The molecule has 3 atom stereocenters. The Morgan fingerprint density at radius 3 is 1.45 bits per heavy atom. The van der Waals surface area contributed by atoms with Gasteiger partial charge in [0.1, 0.15) is 12.6 Å². The maximum absolute atomic E-state index is 12.6. The number of carboxylic acids is 1. The van der Waals surface area contributed by atoms with Gasteiger partial charge < -0.3 is 25.2 Å². The minimum atomic E-state index is -4.70. The van der Waals surface area contributed by atoms with E-state index in [0.717, 1.165) is 38.5 Å². The number of phosphoric ester groups is 1. The fourth-order valence-electron chi connectivity index (χ4n) is 5.53. The van der Waals surface area contributed by atoms with Gasteiger partial charge in [0.25, 0.3) is 0 Å². The van der Waals surface area contributed by atoms with Crippen LogP contribution in [0.25, 0.3) is 0 Å². The maximum Gasteiger partial charge on any atom is 0.472 e. The van der Waals surface area contributed by atoms with E-state index < -0.39 is 51.1 Å². The normalized spacial score (nSPS) is 14.0. The molecule has 0 aromatic heterocycles. The van der Waals surface area contributed by atoms with Crippen molar-refractivity contribution in [2.45, 2.75) is 199 Å². The molecule has 11 nitrogen and oxygen atoms in total. The van der Waals surface area contributed by atoms with Crippen LogP contribution in [0.4, 0.5) is 0 Å². The molecule has 0 aliphatic heterocycles. The molecular weight excluding hydrogens is 673 g/mol. The fraction of sp³-hybridized carbons (Fsp3) is 0.872. The Morgan fingerprint density at radius 2 is 0.980 bits per heavy atom. The van der Waals surface area contributed by atoms with Gasteiger partial charge in [0, 0.05) is 12.8 Å². The van der Waals surface area contributed by atoms with Crippen LogP contribution in [0.3, 0.4) is 0 Å². The van der Waals surface area contributed by atoms with Crippen LogP contribution in [0.5, 0.6) is 0 Å². The predicted molar refractivity (Wildman–Crippen MR) is 203 cm³/mol. The summed E-state index contributed by atoms with van der Waals surface area (Å²) in [6.45, 7) is 2.77. The highest BCUT2D eigenvalue weighted by Crippen LogP contribution is 2.43. The number of phosphoric acid groups is 1. The molecule has 0 bridgehead atoms. The molecule has 0 spiro atoms. The topological polar surface area (TPSA) is 172 Å². The van der Waals surface area contributed by atoms with Crippen molar-refractivity contribution in [2.75, 3.05) is 19.8 Å². The average molecular weight is 748 g/mol. The molecule has 300 valence electrons. The Hall–Kier alpha value is -1.78. The second-order valence-electron chi connectivity index (χ2n) is 13.8. The zero-order chi connectivity index (χ0) is 37.8. The lowest BCUT2D eigenvalue weighted by molar-refractivity contribution is -0.161. The van der Waals surface area contributed by atoms with Gasteiger partial charge in [-0.05, 0) is 38.5 Å². The summed E-state index contributed by atoms with van der Waals surface area (Å²) in [4.78, 5) is 45.7. The third kappa shape index (κ3) is 35.0. The molecule has 0 fully saturated rings. The first-order chi connectivity index (χ1) is 24.6. The quantitative estimate of drug-likeness (QED) is 0.0237. The summed E-state index contributed by atoms with van der Waals surface area (Å²) in [6, 6.07) is -1.52. The van der Waals surface area contributed by atoms with Crippen LogP contribution in [0.15, 0.2) is 12.2 Å². The van der Waals surface area contributed by atoms with E-state index in [2.05, 4.69) is 30.5 Å². The van der Waals surface area contributed by atoms with Gasteiger partial charge >= 0.3 is 25.7 Å². The van der Waals surface area contributed by atoms with Gasteiger partial charge in [0.05, 0.1) is 13.2 Å². The molecule has 1 unspecified atom stereocenters. The molecule has 0 amide bonds. The maximum atomic E-state index is 12.6. The van der Waals surface area contributed by atoms with Crippen LogP contribution in [-0.2, 0) is 37.5 Å². The van der Waals surface area contributed by atoms with Crippen molar-refractivity contribution in [2.24, 2.45) is 5.73 Å². The molecule has 0 rings (SSSR count). The smallest absolute Gasteiger partial charge is 0.472 e. The van der Waals surface area contributed by atoms with Gasteiger partial charge in [0.2, 0.25) is 0 Å². The molecule has 0 radical (unpaired) electrons. The Balaban J connectivity index is 4.36. The molecule has 51 heavy (non-hydrogen) atoms. The zero-order valence-corrected chi connectivity index (χ0v) is 33.1. The van der Waals surface area contributed by atoms with E-state index in [1.807, 2.05) is 0 Å². The molecule has 0 aliphatic carbocycles. The highest BCUT2D eigenvalue weighted by atomic mass is 31.2. The first-order valence-corrected chi connectivity index (χ1v) is 21.7. The number of carboxylic acid groups (broad SMARTS) is 1. The summed E-state index contributed by atoms with van der Waals surface area (Å²) in [5.41, 5.74) is 5.32. The number of hydrogen-bond donors (Lipinski definition) is 3. The first-order valence-electron chi connectivity index (χ1n) is 20.2. The highest BCUT2D eigenvalue weighted by Gasteiger charge is 2.28. The lowest BCUT2D eigenvalue weighted by Crippen LogP contribution is -2.34. The van der Waals surface area contributed by atoms with Crippen LogP contribution in [0.2, 0.25) is 0 Å². The van der Waals surface area contributed by atoms with Crippen molar-refractivity contribution in [3.05, 3.63) is 12.2 Å². The molecule has 0 aromatic rings. The molecule has 0 aromatic carbocycles. The number of nitrogens with two attached hydrogens (primary N) is 1. The van der Waals surface area contributed by atoms with E-state index >= 15 is 0 Å². The monoisotopic (exact) mass is 748 g/mol. The van der Waals surface area contributed by atoms with Gasteiger partial charge in [-0.1, -0.05) is 148 Å². The average Bonchev–Trinajstić information content (AvgIpc) is 3.10. The molecular formula is C39H74NO10P. The van der Waals surface area contributed by atoms with Gasteiger partial charge in [-0.15, -0.1) is 0 Å². The van der Waals surface area contributed by atoms with Gasteiger partial charge in [0.15, 0.2) is 6.10 Å². The molecule has 0 saturated carbocycles. The second-order valence-corrected chi connectivity index (χ2v) is 15.2. The summed E-state index contributed by atoms with van der Waals surface area (Å²) in [6.07, 6.45) is 32.8. The van der Waals surface area contributed by atoms with Crippen LogP contribution >= 0.6 is 7.82 Å². The number of rotatable bonds is 38. The molecule has 12 heteroatoms. The number of carbonyl (C=O) groups excluding carboxylic acids is 2.